The topological polar surface area (TPSA) is 49.8 Å². The first kappa shape index (κ1) is 14.0. The smallest absolute Gasteiger partial charge is 0.224 e. The minimum Gasteiger partial charge on any atom is -0.369 e. The Balaban J connectivity index is 2.48. The minimum absolute atomic E-state index is 0.566. The summed E-state index contributed by atoms with van der Waals surface area (Å²) >= 11 is 6.02. The van der Waals surface area contributed by atoms with E-state index >= 15 is 0 Å². The normalized spacial score (nSPS) is 10.6. The summed E-state index contributed by atoms with van der Waals surface area (Å²) in [6, 6.07) is 0. The van der Waals surface area contributed by atoms with Crippen molar-refractivity contribution in [3.8, 4) is 0 Å². The molecule has 0 radical (unpaired) electrons. The summed E-state index contributed by atoms with van der Waals surface area (Å²) in [5.74, 6) is 2.06. The van der Waals surface area contributed by atoms with E-state index in [0.29, 0.717) is 16.8 Å². The highest BCUT2D eigenvalue weighted by atomic mass is 35.5. The largest absolute Gasteiger partial charge is 0.369 e. The van der Waals surface area contributed by atoms with Gasteiger partial charge in [-0.1, -0.05) is 25.4 Å². The predicted molar refractivity (Wildman–Crippen MR) is 73.8 cm³/mol. The molecule has 5 heteroatoms. The van der Waals surface area contributed by atoms with Gasteiger partial charge in [-0.2, -0.15) is 4.98 Å². The number of nitrogens with one attached hydrogen (secondary N) is 2. The third kappa shape index (κ3) is 5.22. The van der Waals surface area contributed by atoms with Gasteiger partial charge in [-0.15, -0.1) is 0 Å². The van der Waals surface area contributed by atoms with Crippen molar-refractivity contribution in [1.82, 2.24) is 9.97 Å². The summed E-state index contributed by atoms with van der Waals surface area (Å²) in [5.41, 5.74) is 0. The van der Waals surface area contributed by atoms with Crippen LogP contribution in [0.15, 0.2) is 6.20 Å². The number of aromatic nitrogens is 2. The number of rotatable bonds is 7. The second-order valence-electron chi connectivity index (χ2n) is 4.38. The van der Waals surface area contributed by atoms with Crippen LogP contribution in [0.5, 0.6) is 0 Å². The lowest BCUT2D eigenvalue weighted by molar-refractivity contribution is 0.566. The van der Waals surface area contributed by atoms with Gasteiger partial charge in [-0.05, 0) is 25.7 Å². The van der Waals surface area contributed by atoms with Gasteiger partial charge in [0, 0.05) is 13.1 Å². The highest BCUT2D eigenvalue weighted by Crippen LogP contribution is 2.19. The van der Waals surface area contributed by atoms with Gasteiger partial charge in [0.15, 0.2) is 0 Å². The molecule has 0 atom stereocenters. The van der Waals surface area contributed by atoms with Crippen molar-refractivity contribution in [1.29, 1.82) is 0 Å². The van der Waals surface area contributed by atoms with E-state index in [-0.39, 0.29) is 0 Å². The molecule has 0 aliphatic rings. The molecule has 1 rings (SSSR count). The Morgan fingerprint density at radius 2 is 2.12 bits per heavy atom. The van der Waals surface area contributed by atoms with Gasteiger partial charge < -0.3 is 10.6 Å². The van der Waals surface area contributed by atoms with E-state index in [9.17, 15) is 0 Å². The maximum absolute atomic E-state index is 6.02. The number of halogens is 1. The standard InChI is InChI=1S/C12H21ClN4/c1-4-14-12-16-8-10(13)11(17-12)15-7-5-6-9(2)3/h8-9H,4-7H2,1-3H3,(H2,14,15,16,17). The molecule has 0 saturated carbocycles. The Labute approximate surface area is 108 Å². The van der Waals surface area contributed by atoms with Crippen molar-refractivity contribution < 1.29 is 0 Å². The highest BCUT2D eigenvalue weighted by Gasteiger charge is 2.04. The summed E-state index contributed by atoms with van der Waals surface area (Å²) < 4.78 is 0. The second-order valence-corrected chi connectivity index (χ2v) is 4.79. The average molecular weight is 257 g/mol. The Hall–Kier alpha value is -1.03. The summed E-state index contributed by atoms with van der Waals surface area (Å²) in [4.78, 5) is 8.40. The summed E-state index contributed by atoms with van der Waals surface area (Å²) in [6.07, 6.45) is 3.95. The van der Waals surface area contributed by atoms with Crippen molar-refractivity contribution in [3.63, 3.8) is 0 Å². The van der Waals surface area contributed by atoms with E-state index in [4.69, 9.17) is 11.6 Å². The lowest BCUT2D eigenvalue weighted by Crippen LogP contribution is -2.08. The first-order valence-electron chi connectivity index (χ1n) is 6.13. The lowest BCUT2D eigenvalue weighted by Gasteiger charge is -2.10. The molecule has 0 amide bonds. The molecular formula is C12H21ClN4. The minimum atomic E-state index is 0.566. The van der Waals surface area contributed by atoms with Crippen LogP contribution >= 0.6 is 11.6 Å². The van der Waals surface area contributed by atoms with Crippen LogP contribution in [0.4, 0.5) is 11.8 Å². The SMILES string of the molecule is CCNc1ncc(Cl)c(NCCCC(C)C)n1. The van der Waals surface area contributed by atoms with Crippen molar-refractivity contribution in [2.75, 3.05) is 23.7 Å². The van der Waals surface area contributed by atoms with Gasteiger partial charge in [0.2, 0.25) is 5.95 Å². The van der Waals surface area contributed by atoms with Gasteiger partial charge in [0.05, 0.1) is 6.20 Å². The molecule has 0 aromatic carbocycles. The van der Waals surface area contributed by atoms with Gasteiger partial charge >= 0.3 is 0 Å². The van der Waals surface area contributed by atoms with Gasteiger partial charge in [0.25, 0.3) is 0 Å². The monoisotopic (exact) mass is 256 g/mol. The Bertz CT molecular complexity index is 341. The molecule has 0 bridgehead atoms. The molecule has 1 aromatic rings. The number of hydrogen-bond donors (Lipinski definition) is 2. The molecule has 1 aromatic heterocycles. The molecule has 17 heavy (non-hydrogen) atoms. The summed E-state index contributed by atoms with van der Waals surface area (Å²) in [6.45, 7) is 8.14. The van der Waals surface area contributed by atoms with Crippen molar-refractivity contribution in [3.05, 3.63) is 11.2 Å². The number of anilines is 2. The van der Waals surface area contributed by atoms with E-state index < -0.39 is 0 Å². The molecule has 2 N–H and O–H groups in total. The molecule has 1 heterocycles. The predicted octanol–water partition coefficient (Wildman–Crippen LogP) is 3.41. The first-order valence-corrected chi connectivity index (χ1v) is 6.51. The maximum Gasteiger partial charge on any atom is 0.224 e. The van der Waals surface area contributed by atoms with E-state index in [0.717, 1.165) is 25.4 Å². The average Bonchev–Trinajstić information content (AvgIpc) is 2.28. The zero-order valence-corrected chi connectivity index (χ0v) is 11.5. The Kier molecular flexibility index (Phi) is 6.05. The molecule has 0 saturated heterocycles. The molecule has 0 fully saturated rings. The fraction of sp³-hybridized carbons (Fsp3) is 0.667. The molecular weight excluding hydrogens is 236 g/mol. The van der Waals surface area contributed by atoms with Crippen molar-refractivity contribution >= 4 is 23.4 Å². The number of nitrogens with zero attached hydrogens (tertiary/aromatic N) is 2. The molecule has 0 aliphatic heterocycles. The lowest BCUT2D eigenvalue weighted by atomic mass is 10.1. The Morgan fingerprint density at radius 3 is 2.76 bits per heavy atom. The third-order valence-corrected chi connectivity index (χ3v) is 2.61. The molecule has 0 spiro atoms. The molecule has 96 valence electrons. The second kappa shape index (κ2) is 7.33. The van der Waals surface area contributed by atoms with Crippen LogP contribution < -0.4 is 10.6 Å². The fourth-order valence-electron chi connectivity index (χ4n) is 1.45. The van der Waals surface area contributed by atoms with Gasteiger partial charge in [-0.25, -0.2) is 4.98 Å². The Morgan fingerprint density at radius 1 is 1.35 bits per heavy atom. The quantitative estimate of drug-likeness (QED) is 0.734. The van der Waals surface area contributed by atoms with Crippen molar-refractivity contribution in [2.24, 2.45) is 5.92 Å². The fourth-order valence-corrected chi connectivity index (χ4v) is 1.61. The third-order valence-electron chi connectivity index (χ3n) is 2.33. The molecule has 0 unspecified atom stereocenters. The zero-order valence-electron chi connectivity index (χ0n) is 10.8. The maximum atomic E-state index is 6.02. The summed E-state index contributed by atoms with van der Waals surface area (Å²) in [5, 5.41) is 6.87. The van der Waals surface area contributed by atoms with Crippen LogP contribution in [-0.2, 0) is 0 Å². The summed E-state index contributed by atoms with van der Waals surface area (Å²) in [7, 11) is 0. The molecule has 4 nitrogen and oxygen atoms in total. The molecule has 0 aliphatic carbocycles. The van der Waals surface area contributed by atoms with Crippen LogP contribution in [0.1, 0.15) is 33.6 Å². The zero-order chi connectivity index (χ0) is 12.7. The van der Waals surface area contributed by atoms with Gasteiger partial charge in [0.1, 0.15) is 10.8 Å². The van der Waals surface area contributed by atoms with E-state index in [1.165, 1.54) is 6.42 Å². The van der Waals surface area contributed by atoms with Crippen LogP contribution in [0.2, 0.25) is 5.02 Å². The van der Waals surface area contributed by atoms with Crippen LogP contribution in [0.3, 0.4) is 0 Å². The van der Waals surface area contributed by atoms with E-state index in [2.05, 4.69) is 34.4 Å². The highest BCUT2D eigenvalue weighted by molar-refractivity contribution is 6.32. The van der Waals surface area contributed by atoms with Crippen LogP contribution in [0.25, 0.3) is 0 Å². The number of hydrogen-bond acceptors (Lipinski definition) is 4. The van der Waals surface area contributed by atoms with Crippen LogP contribution in [0, 0.1) is 5.92 Å². The van der Waals surface area contributed by atoms with E-state index in [1.807, 2.05) is 6.92 Å². The first-order chi connectivity index (χ1) is 8.13. The van der Waals surface area contributed by atoms with Crippen molar-refractivity contribution in [2.45, 2.75) is 33.6 Å². The van der Waals surface area contributed by atoms with E-state index in [1.54, 1.807) is 6.20 Å². The van der Waals surface area contributed by atoms with Gasteiger partial charge in [-0.3, -0.25) is 0 Å². The van der Waals surface area contributed by atoms with Crippen LogP contribution in [-0.4, -0.2) is 23.1 Å².